The summed E-state index contributed by atoms with van der Waals surface area (Å²) < 4.78 is 54.5. The molecule has 5 nitrogen and oxygen atoms in total. The van der Waals surface area contributed by atoms with Gasteiger partial charge in [-0.2, -0.15) is 0 Å². The van der Waals surface area contributed by atoms with Gasteiger partial charge in [-0.3, -0.25) is 0 Å². The van der Waals surface area contributed by atoms with E-state index in [4.69, 9.17) is 5.11 Å². The van der Waals surface area contributed by atoms with Crippen LogP contribution in [-0.4, -0.2) is 19.5 Å². The lowest BCUT2D eigenvalue weighted by Crippen LogP contribution is -2.08. The van der Waals surface area contributed by atoms with Gasteiger partial charge in [-0.05, 0) is 24.3 Å². The maximum Gasteiger partial charge on any atom is 0.372 e. The van der Waals surface area contributed by atoms with Crippen molar-refractivity contribution in [3.8, 4) is 0 Å². The molecule has 0 saturated carbocycles. The van der Waals surface area contributed by atoms with Gasteiger partial charge in [0.2, 0.25) is 5.76 Å². The highest BCUT2D eigenvalue weighted by molar-refractivity contribution is 7.90. The molecular formula is C12H8F2O5S. The Bertz CT molecular complexity index is 764. The summed E-state index contributed by atoms with van der Waals surface area (Å²) in [6.07, 6.45) is 1.04. The second kappa shape index (κ2) is 5.04. The minimum Gasteiger partial charge on any atom is -0.475 e. The first kappa shape index (κ1) is 14.2. The van der Waals surface area contributed by atoms with E-state index in [-0.39, 0.29) is 5.56 Å². The molecule has 0 aliphatic rings. The number of halogens is 2. The van der Waals surface area contributed by atoms with Gasteiger partial charge in [-0.25, -0.2) is 22.0 Å². The molecule has 20 heavy (non-hydrogen) atoms. The minimum atomic E-state index is -4.01. The predicted octanol–water partition coefficient (Wildman–Crippen LogP) is 2.23. The number of hydrogen-bond acceptors (Lipinski definition) is 4. The van der Waals surface area contributed by atoms with Crippen LogP contribution in [0.2, 0.25) is 0 Å². The lowest BCUT2D eigenvalue weighted by atomic mass is 10.3. The molecule has 1 aromatic heterocycles. The van der Waals surface area contributed by atoms with Crippen molar-refractivity contribution < 1.29 is 31.5 Å². The number of sulfone groups is 1. The zero-order valence-electron chi connectivity index (χ0n) is 9.84. The quantitative estimate of drug-likeness (QED) is 0.875. The van der Waals surface area contributed by atoms with Crippen molar-refractivity contribution in [3.63, 3.8) is 0 Å². The van der Waals surface area contributed by atoms with Crippen LogP contribution in [0.4, 0.5) is 8.78 Å². The van der Waals surface area contributed by atoms with Gasteiger partial charge in [0.1, 0.15) is 0 Å². The highest BCUT2D eigenvalue weighted by Crippen LogP contribution is 2.21. The van der Waals surface area contributed by atoms with Gasteiger partial charge >= 0.3 is 5.97 Å². The summed E-state index contributed by atoms with van der Waals surface area (Å²) in [5.41, 5.74) is -0.0674. The van der Waals surface area contributed by atoms with Crippen LogP contribution >= 0.6 is 0 Å². The Kier molecular flexibility index (Phi) is 3.58. The number of carboxylic acids is 1. The molecular weight excluding hydrogens is 294 g/mol. The number of rotatable bonds is 4. The van der Waals surface area contributed by atoms with Crippen LogP contribution in [0, 0.1) is 11.6 Å². The Morgan fingerprint density at radius 2 is 1.90 bits per heavy atom. The van der Waals surface area contributed by atoms with Crippen LogP contribution in [-0.2, 0) is 15.6 Å². The van der Waals surface area contributed by atoms with Crippen molar-refractivity contribution in [2.24, 2.45) is 0 Å². The summed E-state index contributed by atoms with van der Waals surface area (Å²) in [4.78, 5) is 10.4. The fraction of sp³-hybridized carbons (Fsp3) is 0.0833. The number of carboxylic acid groups (broad SMARTS) is 1. The average Bonchev–Trinajstić information content (AvgIpc) is 2.80. The molecule has 2 rings (SSSR count). The summed E-state index contributed by atoms with van der Waals surface area (Å²) in [5, 5.41) is 8.80. The summed E-state index contributed by atoms with van der Waals surface area (Å²) in [6.45, 7) is 0. The molecule has 1 heterocycles. The normalized spacial score (nSPS) is 11.5. The van der Waals surface area contributed by atoms with Gasteiger partial charge in [0.25, 0.3) is 0 Å². The van der Waals surface area contributed by atoms with Crippen molar-refractivity contribution >= 4 is 15.8 Å². The van der Waals surface area contributed by atoms with E-state index in [9.17, 15) is 22.0 Å². The first-order chi connectivity index (χ1) is 9.31. The molecule has 0 spiro atoms. The fourth-order valence-corrected chi connectivity index (χ4v) is 2.96. The second-order valence-electron chi connectivity index (χ2n) is 3.92. The molecule has 2 aromatic rings. The van der Waals surface area contributed by atoms with Crippen LogP contribution in [0.5, 0.6) is 0 Å². The first-order valence-corrected chi connectivity index (χ1v) is 6.94. The third-order valence-electron chi connectivity index (χ3n) is 2.54. The first-order valence-electron chi connectivity index (χ1n) is 5.29. The van der Waals surface area contributed by atoms with Gasteiger partial charge < -0.3 is 9.52 Å². The number of carbonyl (C=O) groups is 1. The van der Waals surface area contributed by atoms with Crippen molar-refractivity contribution in [3.05, 3.63) is 53.5 Å². The van der Waals surface area contributed by atoms with Crippen molar-refractivity contribution in [2.75, 3.05) is 0 Å². The zero-order valence-corrected chi connectivity index (χ0v) is 10.7. The Hall–Kier alpha value is -2.22. The maximum absolute atomic E-state index is 13.0. The molecule has 8 heteroatoms. The Morgan fingerprint density at radius 3 is 2.50 bits per heavy atom. The van der Waals surface area contributed by atoms with E-state index in [1.54, 1.807) is 0 Å². The predicted molar refractivity (Wildman–Crippen MR) is 62.9 cm³/mol. The molecule has 1 N–H and O–H groups in total. The molecule has 0 bridgehead atoms. The molecule has 1 aromatic carbocycles. The van der Waals surface area contributed by atoms with Crippen molar-refractivity contribution in [2.45, 2.75) is 10.6 Å². The van der Waals surface area contributed by atoms with Gasteiger partial charge in [0.05, 0.1) is 16.9 Å². The van der Waals surface area contributed by atoms with Gasteiger partial charge in [-0.1, -0.05) is 0 Å². The molecule has 0 unspecified atom stereocenters. The van der Waals surface area contributed by atoms with E-state index in [0.717, 1.165) is 12.3 Å². The van der Waals surface area contributed by atoms with Crippen LogP contribution in [0.25, 0.3) is 0 Å². The molecule has 0 aliphatic carbocycles. The molecule has 0 amide bonds. The van der Waals surface area contributed by atoms with Crippen molar-refractivity contribution in [1.29, 1.82) is 0 Å². The summed E-state index contributed by atoms with van der Waals surface area (Å²) in [7, 11) is -4.01. The molecule has 106 valence electrons. The molecule has 0 atom stereocenters. The molecule has 0 fully saturated rings. The van der Waals surface area contributed by atoms with Crippen LogP contribution < -0.4 is 0 Å². The van der Waals surface area contributed by atoms with E-state index < -0.39 is 43.8 Å². The number of furan rings is 1. The van der Waals surface area contributed by atoms with Crippen LogP contribution in [0.3, 0.4) is 0 Å². The maximum atomic E-state index is 13.0. The van der Waals surface area contributed by atoms with E-state index in [1.807, 2.05) is 0 Å². The van der Waals surface area contributed by atoms with E-state index in [0.29, 0.717) is 12.1 Å². The highest BCUT2D eigenvalue weighted by atomic mass is 32.2. The number of aromatic carboxylic acids is 1. The zero-order chi connectivity index (χ0) is 14.9. The Labute approximate surface area is 112 Å². The van der Waals surface area contributed by atoms with E-state index in [1.165, 1.54) is 6.07 Å². The van der Waals surface area contributed by atoms with E-state index >= 15 is 0 Å². The summed E-state index contributed by atoms with van der Waals surface area (Å²) >= 11 is 0. The smallest absolute Gasteiger partial charge is 0.372 e. The van der Waals surface area contributed by atoms with Gasteiger partial charge in [0, 0.05) is 5.56 Å². The third-order valence-corrected chi connectivity index (χ3v) is 4.20. The monoisotopic (exact) mass is 302 g/mol. The molecule has 0 aliphatic heterocycles. The third kappa shape index (κ3) is 2.69. The van der Waals surface area contributed by atoms with Gasteiger partial charge in [-0.15, -0.1) is 0 Å². The van der Waals surface area contributed by atoms with Crippen LogP contribution in [0.1, 0.15) is 16.1 Å². The second-order valence-corrected chi connectivity index (χ2v) is 5.90. The van der Waals surface area contributed by atoms with Crippen molar-refractivity contribution in [1.82, 2.24) is 0 Å². The molecule has 0 radical (unpaired) electrons. The average molecular weight is 302 g/mol. The lowest BCUT2D eigenvalue weighted by molar-refractivity contribution is 0.0661. The number of benzene rings is 1. The van der Waals surface area contributed by atoms with Crippen LogP contribution in [0.15, 0.2) is 39.8 Å². The number of hydrogen-bond donors (Lipinski definition) is 1. The fourth-order valence-electron chi connectivity index (χ4n) is 1.60. The lowest BCUT2D eigenvalue weighted by Gasteiger charge is -2.04. The topological polar surface area (TPSA) is 84.6 Å². The van der Waals surface area contributed by atoms with Gasteiger partial charge in [0.15, 0.2) is 21.5 Å². The summed E-state index contributed by atoms with van der Waals surface area (Å²) in [5.74, 6) is -5.06. The largest absolute Gasteiger partial charge is 0.475 e. The molecule has 0 saturated heterocycles. The minimum absolute atomic E-state index is 0.0674. The SMILES string of the molecule is O=C(O)c1occc1CS(=O)(=O)c1ccc(F)c(F)c1. The highest BCUT2D eigenvalue weighted by Gasteiger charge is 2.23. The standard InChI is InChI=1S/C12H8F2O5S/c13-9-2-1-8(5-10(9)14)20(17,18)6-7-3-4-19-11(7)12(15)16/h1-5H,6H2,(H,15,16). The summed E-state index contributed by atoms with van der Waals surface area (Å²) in [6, 6.07) is 3.34. The Morgan fingerprint density at radius 1 is 1.20 bits per heavy atom. The Balaban J connectivity index is 2.38. The van der Waals surface area contributed by atoms with E-state index in [2.05, 4.69) is 4.42 Å².